The first-order valence-electron chi connectivity index (χ1n) is 9.43. The lowest BCUT2D eigenvalue weighted by Gasteiger charge is -2.44. The quantitative estimate of drug-likeness (QED) is 0.403. The van der Waals surface area contributed by atoms with Crippen molar-refractivity contribution < 1.29 is 33.6 Å². The number of ether oxygens (including phenoxy) is 1. The maximum Gasteiger partial charge on any atom is 0.266 e. The zero-order valence-electron chi connectivity index (χ0n) is 16.2. The summed E-state index contributed by atoms with van der Waals surface area (Å²) in [7, 11) is 0. The highest BCUT2D eigenvalue weighted by Crippen LogP contribution is 2.30. The van der Waals surface area contributed by atoms with Gasteiger partial charge in [0.1, 0.15) is 29.9 Å². The Kier molecular flexibility index (Phi) is 8.65. The fourth-order valence-corrected chi connectivity index (χ4v) is 4.38. The van der Waals surface area contributed by atoms with Gasteiger partial charge >= 0.3 is 0 Å². The van der Waals surface area contributed by atoms with Crippen LogP contribution in [0, 0.1) is 11.8 Å². The topological polar surface area (TPSA) is 111 Å². The normalized spacial score (nSPS) is 37.0. The van der Waals surface area contributed by atoms with Gasteiger partial charge in [-0.15, -0.1) is 11.8 Å². The number of carbonyl (C=O) groups excluding carboxylic acids is 1. The van der Waals surface area contributed by atoms with E-state index in [1.165, 1.54) is 11.8 Å². The van der Waals surface area contributed by atoms with Crippen LogP contribution >= 0.6 is 11.8 Å². The summed E-state index contributed by atoms with van der Waals surface area (Å²) < 4.78 is 30.3. The largest absolute Gasteiger partial charge is 0.388 e. The predicted octanol–water partition coefficient (Wildman–Crippen LogP) is 0.446. The molecule has 2 rings (SSSR count). The molecule has 0 unspecified atom stereocenters. The SMILES string of the molecule is CS[C@H]1O[C@H]([C@H](NC(=O)[C@@H]2C[C@@H](CC=C(F)F)CN2)C(C)C)[C@H](O)[C@H](O)[C@H]1O. The summed E-state index contributed by atoms with van der Waals surface area (Å²) in [5.41, 5.74) is -0.724. The van der Waals surface area contributed by atoms with E-state index in [4.69, 9.17) is 4.74 Å². The van der Waals surface area contributed by atoms with Crippen LogP contribution in [0.5, 0.6) is 0 Å². The third-order valence-corrected chi connectivity index (χ3v) is 6.22. The second kappa shape index (κ2) is 10.3. The Bertz CT molecular complexity index is 562. The number of rotatable bonds is 7. The molecule has 28 heavy (non-hydrogen) atoms. The smallest absolute Gasteiger partial charge is 0.266 e. The Morgan fingerprint density at radius 2 is 1.96 bits per heavy atom. The van der Waals surface area contributed by atoms with Crippen molar-refractivity contribution >= 4 is 17.7 Å². The van der Waals surface area contributed by atoms with E-state index in [0.29, 0.717) is 13.0 Å². The van der Waals surface area contributed by atoms with E-state index < -0.39 is 48.0 Å². The Morgan fingerprint density at radius 3 is 2.54 bits per heavy atom. The molecule has 0 aromatic rings. The number of aliphatic hydroxyl groups excluding tert-OH is 3. The molecule has 0 saturated carbocycles. The van der Waals surface area contributed by atoms with Crippen LogP contribution in [0.2, 0.25) is 0 Å². The zero-order valence-corrected chi connectivity index (χ0v) is 17.0. The van der Waals surface area contributed by atoms with Gasteiger partial charge < -0.3 is 30.7 Å². The average molecular weight is 425 g/mol. The lowest BCUT2D eigenvalue weighted by molar-refractivity contribution is -0.208. The van der Waals surface area contributed by atoms with Gasteiger partial charge in [0.05, 0.1) is 12.1 Å². The van der Waals surface area contributed by atoms with Crippen molar-refractivity contribution in [1.82, 2.24) is 10.6 Å². The second-order valence-electron chi connectivity index (χ2n) is 7.75. The van der Waals surface area contributed by atoms with E-state index in [1.54, 1.807) is 6.26 Å². The molecular weight excluding hydrogens is 394 g/mol. The third kappa shape index (κ3) is 5.64. The number of halogens is 2. The van der Waals surface area contributed by atoms with Crippen LogP contribution < -0.4 is 10.6 Å². The van der Waals surface area contributed by atoms with E-state index in [2.05, 4.69) is 10.6 Å². The van der Waals surface area contributed by atoms with Crippen LogP contribution in [0.1, 0.15) is 26.7 Å². The summed E-state index contributed by atoms with van der Waals surface area (Å²) in [6.07, 6.45) is -3.36. The number of hydrogen-bond donors (Lipinski definition) is 5. The van der Waals surface area contributed by atoms with Gasteiger partial charge in [-0.1, -0.05) is 13.8 Å². The Hall–Kier alpha value is -0.780. The molecule has 2 aliphatic rings. The Morgan fingerprint density at radius 1 is 1.29 bits per heavy atom. The maximum absolute atomic E-state index is 12.7. The fraction of sp³-hybridized carbons (Fsp3) is 0.833. The number of aliphatic hydroxyl groups is 3. The first kappa shape index (κ1) is 23.5. The standard InChI is InChI=1S/C18H30F2N2O5S/c1-8(2)12(16-14(24)13(23)15(25)18(27-16)28-3)22-17(26)10-6-9(7-21-10)4-5-11(19)20/h5,8-10,12-16,18,21,23-25H,4,6-7H2,1-3H3,(H,22,26)/t9-,10+,12-,13+,14-,15-,16-,18-/m1/s1. The highest BCUT2D eigenvalue weighted by Gasteiger charge is 2.47. The number of nitrogens with one attached hydrogen (secondary N) is 2. The molecule has 2 fully saturated rings. The molecule has 0 radical (unpaired) electrons. The Labute approximate surface area is 167 Å². The summed E-state index contributed by atoms with van der Waals surface area (Å²) >= 11 is 1.21. The van der Waals surface area contributed by atoms with Crippen molar-refractivity contribution in [2.75, 3.05) is 12.8 Å². The molecular formula is C18H30F2N2O5S. The number of allylic oxidation sites excluding steroid dienone is 1. The number of thioether (sulfide) groups is 1. The minimum atomic E-state index is -1.72. The molecule has 0 aliphatic carbocycles. The van der Waals surface area contributed by atoms with Gasteiger partial charge in [0, 0.05) is 0 Å². The van der Waals surface area contributed by atoms with E-state index in [-0.39, 0.29) is 24.2 Å². The van der Waals surface area contributed by atoms with Crippen LogP contribution in [0.15, 0.2) is 12.2 Å². The van der Waals surface area contributed by atoms with Gasteiger partial charge in [0.25, 0.3) is 6.08 Å². The van der Waals surface area contributed by atoms with Crippen LogP contribution in [0.4, 0.5) is 8.78 Å². The van der Waals surface area contributed by atoms with Crippen LogP contribution in [-0.2, 0) is 9.53 Å². The van der Waals surface area contributed by atoms with Gasteiger partial charge in [-0.2, -0.15) is 8.78 Å². The van der Waals surface area contributed by atoms with Crippen molar-refractivity contribution in [3.63, 3.8) is 0 Å². The molecule has 162 valence electrons. The zero-order chi connectivity index (χ0) is 21.0. The van der Waals surface area contributed by atoms with Gasteiger partial charge in [0.15, 0.2) is 0 Å². The molecule has 0 spiro atoms. The second-order valence-corrected chi connectivity index (χ2v) is 8.68. The number of carbonyl (C=O) groups is 1. The summed E-state index contributed by atoms with van der Waals surface area (Å²) in [6, 6.07) is -1.11. The molecule has 2 aliphatic heterocycles. The van der Waals surface area contributed by atoms with E-state index in [9.17, 15) is 28.9 Å². The molecule has 10 heteroatoms. The fourth-order valence-electron chi connectivity index (χ4n) is 3.70. The molecule has 8 atom stereocenters. The molecule has 7 nitrogen and oxygen atoms in total. The minimum Gasteiger partial charge on any atom is -0.388 e. The van der Waals surface area contributed by atoms with E-state index in [0.717, 1.165) is 6.08 Å². The van der Waals surface area contributed by atoms with Crippen LogP contribution in [0.25, 0.3) is 0 Å². The van der Waals surface area contributed by atoms with Crippen molar-refractivity contribution in [3.05, 3.63) is 12.2 Å². The summed E-state index contributed by atoms with van der Waals surface area (Å²) in [4.78, 5) is 12.7. The average Bonchev–Trinajstić information content (AvgIpc) is 3.12. The summed E-state index contributed by atoms with van der Waals surface area (Å²) in [6.45, 7) is 4.18. The summed E-state index contributed by atoms with van der Waals surface area (Å²) in [5, 5.41) is 36.5. The molecule has 2 saturated heterocycles. The van der Waals surface area contributed by atoms with Gasteiger partial charge in [-0.3, -0.25) is 4.79 Å². The first-order chi connectivity index (χ1) is 13.1. The lowest BCUT2D eigenvalue weighted by Crippen LogP contribution is -2.64. The summed E-state index contributed by atoms with van der Waals surface area (Å²) in [5.74, 6) is -0.471. The van der Waals surface area contributed by atoms with E-state index in [1.807, 2.05) is 13.8 Å². The van der Waals surface area contributed by atoms with Gasteiger partial charge in [-0.05, 0) is 43.6 Å². The van der Waals surface area contributed by atoms with Crippen LogP contribution in [-0.4, -0.2) is 76.0 Å². The molecule has 0 aromatic heterocycles. The third-order valence-electron chi connectivity index (χ3n) is 5.36. The minimum absolute atomic E-state index is 0.0517. The van der Waals surface area contributed by atoms with Crippen molar-refractivity contribution in [1.29, 1.82) is 0 Å². The molecule has 0 aromatic carbocycles. The molecule has 1 amide bonds. The highest BCUT2D eigenvalue weighted by atomic mass is 32.2. The van der Waals surface area contributed by atoms with Crippen molar-refractivity contribution in [3.8, 4) is 0 Å². The number of hydrogen-bond acceptors (Lipinski definition) is 7. The van der Waals surface area contributed by atoms with Crippen LogP contribution in [0.3, 0.4) is 0 Å². The molecule has 5 N–H and O–H groups in total. The highest BCUT2D eigenvalue weighted by molar-refractivity contribution is 7.99. The monoisotopic (exact) mass is 424 g/mol. The lowest BCUT2D eigenvalue weighted by atomic mass is 9.88. The van der Waals surface area contributed by atoms with Crippen molar-refractivity contribution in [2.24, 2.45) is 11.8 Å². The van der Waals surface area contributed by atoms with Gasteiger partial charge in [0.2, 0.25) is 5.91 Å². The predicted molar refractivity (Wildman–Crippen MR) is 102 cm³/mol. The Balaban J connectivity index is 2.02. The molecule has 2 heterocycles. The molecule has 0 bridgehead atoms. The van der Waals surface area contributed by atoms with E-state index >= 15 is 0 Å². The first-order valence-corrected chi connectivity index (χ1v) is 10.7. The number of amides is 1. The van der Waals surface area contributed by atoms with Gasteiger partial charge in [-0.25, -0.2) is 0 Å². The maximum atomic E-state index is 12.7. The van der Waals surface area contributed by atoms with Crippen molar-refractivity contribution in [2.45, 2.75) is 68.6 Å².